The molecule has 0 aliphatic heterocycles. The fourth-order valence-electron chi connectivity index (χ4n) is 6.00. The number of aromatic amines is 1. The number of nitrogens with one attached hydrogen (secondary N) is 2. The third-order valence-corrected chi connectivity index (χ3v) is 8.72. The molecule has 2 N–H and O–H groups in total. The molecule has 204 valence electrons. The van der Waals surface area contributed by atoms with E-state index in [2.05, 4.69) is 113 Å². The Morgan fingerprint density at radius 3 is 2.02 bits per heavy atom. The molecule has 0 bridgehead atoms. The lowest BCUT2D eigenvalue weighted by molar-refractivity contribution is 0.560. The molecule has 41 heavy (non-hydrogen) atoms. The summed E-state index contributed by atoms with van der Waals surface area (Å²) in [5.74, 6) is 1.79. The third-order valence-electron chi connectivity index (χ3n) is 8.72. The summed E-state index contributed by atoms with van der Waals surface area (Å²) in [6.45, 7) is 13.3. The molecule has 0 aliphatic carbocycles. The Labute approximate surface area is 240 Å². The first kappa shape index (κ1) is 25.5. The number of imidazole rings is 1. The molecule has 7 rings (SSSR count). The van der Waals surface area contributed by atoms with Crippen LogP contribution in [0.1, 0.15) is 51.9 Å². The molecule has 2 aromatic heterocycles. The monoisotopic (exact) mass is 537 g/mol. The molecular weight excluding hydrogens is 502 g/mol. The fourth-order valence-corrected chi connectivity index (χ4v) is 6.00. The van der Waals surface area contributed by atoms with Crippen molar-refractivity contribution in [3.8, 4) is 11.1 Å². The van der Waals surface area contributed by atoms with Crippen molar-refractivity contribution in [1.82, 2.24) is 19.9 Å². The minimum absolute atomic E-state index is 0.294. The Morgan fingerprint density at radius 1 is 0.659 bits per heavy atom. The minimum atomic E-state index is 0.294. The first-order valence-corrected chi connectivity index (χ1v) is 14.6. The maximum atomic E-state index is 4.99. The number of aryl methyl sites for hydroxylation is 1. The van der Waals surface area contributed by atoms with E-state index in [-0.39, 0.29) is 0 Å². The molecule has 0 amide bonds. The zero-order valence-electron chi connectivity index (χ0n) is 24.5. The zero-order valence-corrected chi connectivity index (χ0v) is 24.5. The van der Waals surface area contributed by atoms with Gasteiger partial charge in [0.05, 0.1) is 16.6 Å². The Hall–Kier alpha value is -4.51. The molecule has 0 saturated carbocycles. The highest BCUT2D eigenvalue weighted by atomic mass is 14.9. The summed E-state index contributed by atoms with van der Waals surface area (Å²) in [6, 6.07) is 22.7. The normalized spacial score (nSPS) is 13.0. The van der Waals surface area contributed by atoms with Gasteiger partial charge in [0.2, 0.25) is 0 Å². The Morgan fingerprint density at radius 2 is 1.32 bits per heavy atom. The van der Waals surface area contributed by atoms with Crippen LogP contribution in [0, 0.1) is 12.8 Å². The standard InChI is InChI=1S/C36H35N5/c1-19(2)22(6)39-31-21(5)25-9-7-8-10-26(25)29-17-23(11-13-27(29)31)24-12-14-28-30(18-24)32-34(38-16-15-37-32)35-33(28)40-36(41-35)20(3)4/h7-20,22,39H,1-6H3,(H,40,41). The van der Waals surface area contributed by atoms with E-state index < -0.39 is 0 Å². The average molecular weight is 538 g/mol. The van der Waals surface area contributed by atoms with Crippen molar-refractivity contribution >= 4 is 60.1 Å². The van der Waals surface area contributed by atoms with Crippen LogP contribution in [0.3, 0.4) is 0 Å². The Kier molecular flexibility index (Phi) is 5.93. The summed E-state index contributed by atoms with van der Waals surface area (Å²) >= 11 is 0. The molecule has 1 unspecified atom stereocenters. The van der Waals surface area contributed by atoms with E-state index in [9.17, 15) is 0 Å². The SMILES string of the molecule is Cc1c(NC(C)C(C)C)c2ccc(-c3ccc4c(c3)c3nccnc3c3[nH]c(C(C)C)nc43)cc2c2ccccc12. The molecule has 5 aromatic carbocycles. The zero-order chi connectivity index (χ0) is 28.4. The van der Waals surface area contributed by atoms with Crippen LogP contribution >= 0.6 is 0 Å². The number of benzene rings is 5. The topological polar surface area (TPSA) is 66.5 Å². The number of anilines is 1. The first-order valence-electron chi connectivity index (χ1n) is 14.6. The quantitative estimate of drug-likeness (QED) is 0.215. The number of rotatable bonds is 5. The lowest BCUT2D eigenvalue weighted by Gasteiger charge is -2.23. The van der Waals surface area contributed by atoms with Crippen molar-refractivity contribution in [2.75, 3.05) is 5.32 Å². The van der Waals surface area contributed by atoms with Gasteiger partial charge < -0.3 is 10.3 Å². The predicted octanol–water partition coefficient (Wildman–Crippen LogP) is 9.52. The van der Waals surface area contributed by atoms with Crippen LogP contribution in [0.25, 0.3) is 65.5 Å². The maximum absolute atomic E-state index is 4.99. The van der Waals surface area contributed by atoms with Crippen LogP contribution in [0.15, 0.2) is 73.1 Å². The molecule has 0 fully saturated rings. The van der Waals surface area contributed by atoms with E-state index in [1.165, 1.54) is 38.4 Å². The lowest BCUT2D eigenvalue weighted by Crippen LogP contribution is -2.22. The summed E-state index contributed by atoms with van der Waals surface area (Å²) in [6.07, 6.45) is 3.53. The summed E-state index contributed by atoms with van der Waals surface area (Å²) in [5.41, 5.74) is 8.53. The van der Waals surface area contributed by atoms with E-state index in [4.69, 9.17) is 15.0 Å². The second-order valence-corrected chi connectivity index (χ2v) is 12.0. The first-order chi connectivity index (χ1) is 19.8. The van der Waals surface area contributed by atoms with E-state index in [0.717, 1.165) is 44.2 Å². The van der Waals surface area contributed by atoms with Crippen molar-refractivity contribution in [2.24, 2.45) is 5.92 Å². The van der Waals surface area contributed by atoms with Gasteiger partial charge in [0.15, 0.2) is 0 Å². The number of hydrogen-bond acceptors (Lipinski definition) is 4. The number of nitrogens with zero attached hydrogens (tertiary/aromatic N) is 3. The highest BCUT2D eigenvalue weighted by Crippen LogP contribution is 2.40. The van der Waals surface area contributed by atoms with Gasteiger partial charge in [-0.25, -0.2) is 4.98 Å². The van der Waals surface area contributed by atoms with Gasteiger partial charge in [0, 0.05) is 46.2 Å². The van der Waals surface area contributed by atoms with Gasteiger partial charge in [-0.3, -0.25) is 9.97 Å². The molecule has 5 heteroatoms. The fraction of sp³-hybridized carbons (Fsp3) is 0.250. The second kappa shape index (κ2) is 9.55. The smallest absolute Gasteiger partial charge is 0.115 e. The van der Waals surface area contributed by atoms with Crippen LogP contribution in [0.2, 0.25) is 0 Å². The number of fused-ring (bicyclic) bond motifs is 9. The Balaban J connectivity index is 1.47. The van der Waals surface area contributed by atoms with Crippen molar-refractivity contribution < 1.29 is 0 Å². The second-order valence-electron chi connectivity index (χ2n) is 12.0. The highest BCUT2D eigenvalue weighted by Gasteiger charge is 2.18. The van der Waals surface area contributed by atoms with Crippen LogP contribution in [0.4, 0.5) is 5.69 Å². The van der Waals surface area contributed by atoms with Crippen molar-refractivity contribution in [3.63, 3.8) is 0 Å². The molecule has 0 radical (unpaired) electrons. The van der Waals surface area contributed by atoms with E-state index >= 15 is 0 Å². The summed E-state index contributed by atoms with van der Waals surface area (Å²) in [5, 5.41) is 11.1. The molecule has 1 atom stereocenters. The van der Waals surface area contributed by atoms with E-state index in [1.54, 1.807) is 12.4 Å². The molecule has 7 aromatic rings. The average Bonchev–Trinajstić information content (AvgIpc) is 3.45. The van der Waals surface area contributed by atoms with Gasteiger partial charge in [-0.1, -0.05) is 76.2 Å². The van der Waals surface area contributed by atoms with Gasteiger partial charge in [0.1, 0.15) is 11.3 Å². The number of hydrogen-bond donors (Lipinski definition) is 2. The van der Waals surface area contributed by atoms with Gasteiger partial charge in [-0.2, -0.15) is 0 Å². The summed E-state index contributed by atoms with van der Waals surface area (Å²) in [7, 11) is 0. The lowest BCUT2D eigenvalue weighted by atomic mass is 9.91. The molecule has 2 heterocycles. The van der Waals surface area contributed by atoms with Crippen LogP contribution in [0.5, 0.6) is 0 Å². The highest BCUT2D eigenvalue weighted by molar-refractivity contribution is 6.21. The molecule has 0 saturated heterocycles. The predicted molar refractivity (Wildman–Crippen MR) is 174 cm³/mol. The molecule has 0 aliphatic rings. The molecular formula is C36H35N5. The number of H-pyrrole nitrogens is 1. The van der Waals surface area contributed by atoms with E-state index in [1.807, 2.05) is 0 Å². The van der Waals surface area contributed by atoms with Crippen LogP contribution in [-0.4, -0.2) is 26.0 Å². The van der Waals surface area contributed by atoms with Gasteiger partial charge in [-0.15, -0.1) is 0 Å². The van der Waals surface area contributed by atoms with Gasteiger partial charge in [-0.05, 0) is 64.7 Å². The molecule has 5 nitrogen and oxygen atoms in total. The number of aromatic nitrogens is 4. The summed E-state index contributed by atoms with van der Waals surface area (Å²) in [4.78, 5) is 18.0. The molecule has 0 spiro atoms. The van der Waals surface area contributed by atoms with Gasteiger partial charge in [0.25, 0.3) is 0 Å². The third kappa shape index (κ3) is 4.02. The minimum Gasteiger partial charge on any atom is -0.382 e. The van der Waals surface area contributed by atoms with Crippen LogP contribution < -0.4 is 5.32 Å². The van der Waals surface area contributed by atoms with Crippen molar-refractivity contribution in [3.05, 3.63) is 84.4 Å². The Bertz CT molecular complexity index is 2120. The van der Waals surface area contributed by atoms with Crippen molar-refractivity contribution in [2.45, 2.75) is 53.5 Å². The van der Waals surface area contributed by atoms with Crippen LogP contribution in [-0.2, 0) is 0 Å². The summed E-state index contributed by atoms with van der Waals surface area (Å²) < 4.78 is 0. The van der Waals surface area contributed by atoms with Gasteiger partial charge >= 0.3 is 0 Å². The van der Waals surface area contributed by atoms with E-state index in [0.29, 0.717) is 17.9 Å². The largest absolute Gasteiger partial charge is 0.382 e. The van der Waals surface area contributed by atoms with Crippen molar-refractivity contribution in [1.29, 1.82) is 0 Å². The maximum Gasteiger partial charge on any atom is 0.115 e.